The number of hydrogen-bond donors (Lipinski definition) is 1. The average Bonchev–Trinajstić information content (AvgIpc) is 3.00. The Labute approximate surface area is 141 Å². The maximum absolute atomic E-state index is 12.5. The van der Waals surface area contributed by atoms with Gasteiger partial charge in [0.1, 0.15) is 10.7 Å². The lowest BCUT2D eigenvalue weighted by molar-refractivity contribution is 0.103. The topological polar surface area (TPSA) is 42.0 Å². The highest BCUT2D eigenvalue weighted by Crippen LogP contribution is 2.29. The van der Waals surface area contributed by atoms with Gasteiger partial charge in [0.2, 0.25) is 0 Å². The number of carbonyl (C=O) groups is 1. The molecule has 5 heteroatoms. The summed E-state index contributed by atoms with van der Waals surface area (Å²) in [6.07, 6.45) is 1.66. The Kier molecular flexibility index (Phi) is 4.36. The number of rotatable bonds is 3. The summed E-state index contributed by atoms with van der Waals surface area (Å²) in [5.41, 5.74) is 3.18. The lowest BCUT2D eigenvalue weighted by Gasteiger charge is -2.06. The lowest BCUT2D eigenvalue weighted by atomic mass is 10.0. The molecule has 0 saturated heterocycles. The molecule has 1 N–H and O–H groups in total. The zero-order valence-corrected chi connectivity index (χ0v) is 14.2. The maximum Gasteiger partial charge on any atom is 0.267 e. The van der Waals surface area contributed by atoms with Crippen LogP contribution in [0.5, 0.6) is 0 Å². The van der Waals surface area contributed by atoms with Crippen LogP contribution in [0.1, 0.15) is 15.2 Å². The summed E-state index contributed by atoms with van der Waals surface area (Å²) < 4.78 is 0.877. The van der Waals surface area contributed by atoms with Crippen LogP contribution >= 0.6 is 27.3 Å². The highest BCUT2D eigenvalue weighted by atomic mass is 79.9. The van der Waals surface area contributed by atoms with E-state index in [2.05, 4.69) is 26.2 Å². The third-order valence-electron chi connectivity index (χ3n) is 3.20. The summed E-state index contributed by atoms with van der Waals surface area (Å²) in [5.74, 6) is 0.400. The summed E-state index contributed by atoms with van der Waals surface area (Å²) in [6, 6.07) is 13.7. The molecular weight excluding hydrogens is 360 g/mol. The third kappa shape index (κ3) is 3.26. The second-order valence-corrected chi connectivity index (χ2v) is 6.68. The van der Waals surface area contributed by atoms with Gasteiger partial charge in [0.25, 0.3) is 5.91 Å². The average molecular weight is 373 g/mol. The van der Waals surface area contributed by atoms with E-state index in [0.29, 0.717) is 10.7 Å². The predicted molar refractivity (Wildman–Crippen MR) is 94.4 cm³/mol. The minimum Gasteiger partial charge on any atom is -0.306 e. The van der Waals surface area contributed by atoms with Crippen LogP contribution in [-0.4, -0.2) is 10.9 Å². The van der Waals surface area contributed by atoms with Crippen LogP contribution in [0, 0.1) is 6.92 Å². The molecule has 0 bridgehead atoms. The van der Waals surface area contributed by atoms with Crippen LogP contribution in [-0.2, 0) is 0 Å². The molecule has 0 aliphatic rings. The minimum atomic E-state index is -0.139. The fourth-order valence-corrected chi connectivity index (χ4v) is 3.11. The Morgan fingerprint density at radius 3 is 2.59 bits per heavy atom. The number of anilines is 1. The smallest absolute Gasteiger partial charge is 0.267 e. The van der Waals surface area contributed by atoms with Gasteiger partial charge in [-0.15, -0.1) is 11.3 Å². The number of aryl methyl sites for hydroxylation is 1. The molecule has 0 atom stereocenters. The van der Waals surface area contributed by atoms with Gasteiger partial charge in [0.05, 0.1) is 0 Å². The number of halogens is 1. The van der Waals surface area contributed by atoms with E-state index in [1.165, 1.54) is 16.9 Å². The first-order valence-electron chi connectivity index (χ1n) is 6.71. The molecule has 0 aliphatic carbocycles. The molecule has 0 fully saturated rings. The molecule has 0 saturated carbocycles. The van der Waals surface area contributed by atoms with E-state index in [-0.39, 0.29) is 5.91 Å². The molecule has 110 valence electrons. The number of amides is 1. The predicted octanol–water partition coefficient (Wildman–Crippen LogP) is 5.13. The molecule has 3 aromatic rings. The van der Waals surface area contributed by atoms with Crippen molar-refractivity contribution in [1.29, 1.82) is 0 Å². The van der Waals surface area contributed by atoms with Crippen LogP contribution in [0.4, 0.5) is 5.82 Å². The fourth-order valence-electron chi connectivity index (χ4n) is 2.07. The van der Waals surface area contributed by atoms with Crippen LogP contribution < -0.4 is 5.32 Å². The van der Waals surface area contributed by atoms with Crippen LogP contribution in [0.3, 0.4) is 0 Å². The summed E-state index contributed by atoms with van der Waals surface area (Å²) >= 11 is 4.76. The number of aromatic nitrogens is 1. The van der Waals surface area contributed by atoms with Gasteiger partial charge in [0.15, 0.2) is 0 Å². The normalized spacial score (nSPS) is 10.5. The number of pyridine rings is 1. The largest absolute Gasteiger partial charge is 0.306 e. The first-order chi connectivity index (χ1) is 10.6. The van der Waals surface area contributed by atoms with Gasteiger partial charge < -0.3 is 5.32 Å². The first kappa shape index (κ1) is 14.9. The van der Waals surface area contributed by atoms with Crippen molar-refractivity contribution in [2.24, 2.45) is 0 Å². The molecule has 2 aromatic heterocycles. The Morgan fingerprint density at radius 1 is 1.14 bits per heavy atom. The highest BCUT2D eigenvalue weighted by Gasteiger charge is 2.15. The second kappa shape index (κ2) is 6.42. The quantitative estimate of drug-likeness (QED) is 0.691. The number of thiophene rings is 1. The van der Waals surface area contributed by atoms with Crippen LogP contribution in [0.2, 0.25) is 0 Å². The minimum absolute atomic E-state index is 0.139. The number of carbonyl (C=O) groups excluding carboxylic acids is 1. The Hall–Kier alpha value is -1.98. The van der Waals surface area contributed by atoms with Crippen molar-refractivity contribution in [3.05, 3.63) is 69.0 Å². The molecular formula is C17H13BrN2OS. The van der Waals surface area contributed by atoms with Crippen LogP contribution in [0.25, 0.3) is 11.1 Å². The zero-order valence-electron chi connectivity index (χ0n) is 11.8. The maximum atomic E-state index is 12.5. The van der Waals surface area contributed by atoms with Gasteiger partial charge in [-0.3, -0.25) is 4.79 Å². The summed E-state index contributed by atoms with van der Waals surface area (Å²) in [4.78, 5) is 17.3. The Morgan fingerprint density at radius 2 is 1.91 bits per heavy atom. The van der Waals surface area contributed by atoms with Crippen LogP contribution in [0.15, 0.2) is 58.5 Å². The lowest BCUT2D eigenvalue weighted by Crippen LogP contribution is -2.12. The van der Waals surface area contributed by atoms with E-state index in [1.807, 2.05) is 48.7 Å². The summed E-state index contributed by atoms with van der Waals surface area (Å²) in [7, 11) is 0. The number of nitrogens with zero attached hydrogens (tertiary/aromatic N) is 1. The number of benzene rings is 1. The monoisotopic (exact) mass is 372 g/mol. The molecule has 22 heavy (non-hydrogen) atoms. The second-order valence-electron chi connectivity index (χ2n) is 4.85. The standard InChI is InChI=1S/C17H13BrN2OS/c1-11-2-4-12(5-3-11)14-8-9-22-16(14)17(21)20-15-7-6-13(18)10-19-15/h2-10H,1H3,(H,19,20,21). The molecule has 3 rings (SSSR count). The molecule has 1 aromatic carbocycles. The molecule has 2 heterocycles. The van der Waals surface area contributed by atoms with Gasteiger partial charge in [-0.05, 0) is 52.0 Å². The first-order valence-corrected chi connectivity index (χ1v) is 8.38. The van der Waals surface area contributed by atoms with Gasteiger partial charge in [0, 0.05) is 16.2 Å². The van der Waals surface area contributed by atoms with E-state index in [4.69, 9.17) is 0 Å². The molecule has 1 amide bonds. The summed E-state index contributed by atoms with van der Waals surface area (Å²) in [5, 5.41) is 4.76. The fraction of sp³-hybridized carbons (Fsp3) is 0.0588. The van der Waals surface area contributed by atoms with Crippen molar-refractivity contribution in [1.82, 2.24) is 4.98 Å². The van der Waals surface area contributed by atoms with E-state index in [0.717, 1.165) is 15.6 Å². The molecule has 0 aliphatic heterocycles. The SMILES string of the molecule is Cc1ccc(-c2ccsc2C(=O)Nc2ccc(Br)cn2)cc1. The molecule has 3 nitrogen and oxygen atoms in total. The Bertz CT molecular complexity index is 794. The van der Waals surface area contributed by atoms with Gasteiger partial charge in [-0.2, -0.15) is 0 Å². The number of nitrogens with one attached hydrogen (secondary N) is 1. The van der Waals surface area contributed by atoms with Crippen molar-refractivity contribution in [2.45, 2.75) is 6.92 Å². The van der Waals surface area contributed by atoms with Crippen molar-refractivity contribution in [3.63, 3.8) is 0 Å². The molecule has 0 radical (unpaired) electrons. The van der Waals surface area contributed by atoms with Gasteiger partial charge in [-0.25, -0.2) is 4.98 Å². The van der Waals surface area contributed by atoms with E-state index < -0.39 is 0 Å². The van der Waals surface area contributed by atoms with E-state index in [9.17, 15) is 4.79 Å². The van der Waals surface area contributed by atoms with Crippen molar-refractivity contribution >= 4 is 39.0 Å². The highest BCUT2D eigenvalue weighted by molar-refractivity contribution is 9.10. The number of hydrogen-bond acceptors (Lipinski definition) is 3. The summed E-state index contributed by atoms with van der Waals surface area (Å²) in [6.45, 7) is 2.05. The van der Waals surface area contributed by atoms with Crippen molar-refractivity contribution < 1.29 is 4.79 Å². The zero-order chi connectivity index (χ0) is 15.5. The van der Waals surface area contributed by atoms with Crippen molar-refractivity contribution in [3.8, 4) is 11.1 Å². The molecule has 0 spiro atoms. The van der Waals surface area contributed by atoms with Gasteiger partial charge in [-0.1, -0.05) is 29.8 Å². The van der Waals surface area contributed by atoms with Gasteiger partial charge >= 0.3 is 0 Å². The van der Waals surface area contributed by atoms with E-state index >= 15 is 0 Å². The Balaban J connectivity index is 1.86. The van der Waals surface area contributed by atoms with Crippen molar-refractivity contribution in [2.75, 3.05) is 5.32 Å². The van der Waals surface area contributed by atoms with E-state index in [1.54, 1.807) is 12.3 Å². The third-order valence-corrected chi connectivity index (χ3v) is 4.59. The molecule has 0 unspecified atom stereocenters.